The number of aromatic nitrogens is 1. The molecule has 2 N–H and O–H groups in total. The molecule has 4 aliphatic heterocycles. The molecule has 1 aromatic heterocycles. The van der Waals surface area contributed by atoms with E-state index in [9.17, 15) is 14.4 Å². The SMILES string of the molecule is COC12O[C@](NC(=O)[C@@H]3C=C4c5cccc6[nH]cc(c56)C[C@H]4N(C)C3)(C(C)C)C(=O)N1C(C(C)C)C(=O)N1CCC[C@H]12. The Morgan fingerprint density at radius 3 is 2.71 bits per heavy atom. The number of rotatable bonds is 5. The summed E-state index contributed by atoms with van der Waals surface area (Å²) in [5.74, 6) is -3.32. The molecule has 10 heteroatoms. The van der Waals surface area contributed by atoms with Crippen molar-refractivity contribution in [3.8, 4) is 0 Å². The summed E-state index contributed by atoms with van der Waals surface area (Å²) in [4.78, 5) is 51.4. The molecule has 3 fully saturated rings. The van der Waals surface area contributed by atoms with Crippen molar-refractivity contribution in [2.45, 2.75) is 76.7 Å². The number of hydrogen-bond donors (Lipinski definition) is 2. The zero-order valence-electron chi connectivity index (χ0n) is 25.3. The van der Waals surface area contributed by atoms with Gasteiger partial charge in [-0.25, -0.2) is 0 Å². The summed E-state index contributed by atoms with van der Waals surface area (Å²) in [5, 5.41) is 4.31. The molecule has 5 aliphatic rings. The Morgan fingerprint density at radius 2 is 2.00 bits per heavy atom. The summed E-state index contributed by atoms with van der Waals surface area (Å²) in [7, 11) is 3.58. The Kier molecular flexibility index (Phi) is 6.18. The van der Waals surface area contributed by atoms with E-state index in [1.54, 1.807) is 0 Å². The molecule has 7 rings (SSSR count). The van der Waals surface area contributed by atoms with Crippen LogP contribution in [0.1, 0.15) is 51.7 Å². The number of nitrogens with zero attached hydrogens (tertiary/aromatic N) is 3. The van der Waals surface area contributed by atoms with E-state index in [1.807, 2.05) is 38.7 Å². The van der Waals surface area contributed by atoms with Crippen molar-refractivity contribution < 1.29 is 23.9 Å². The number of benzene rings is 1. The topological polar surface area (TPSA) is 107 Å². The number of likely N-dealkylation sites (N-methyl/N-ethyl adjacent to an activating group) is 1. The van der Waals surface area contributed by atoms with Crippen LogP contribution in [0.4, 0.5) is 0 Å². The van der Waals surface area contributed by atoms with Crippen molar-refractivity contribution in [3.63, 3.8) is 0 Å². The summed E-state index contributed by atoms with van der Waals surface area (Å²) in [6, 6.07) is 5.24. The number of methoxy groups -OCH3 is 1. The molecule has 3 amide bonds. The molecule has 0 bridgehead atoms. The first kappa shape index (κ1) is 27.6. The van der Waals surface area contributed by atoms with Gasteiger partial charge < -0.3 is 19.9 Å². The van der Waals surface area contributed by atoms with Crippen LogP contribution in [-0.4, -0.2) is 94.4 Å². The fraction of sp³-hybridized carbons (Fsp3) is 0.594. The number of carbonyl (C=O) groups is 3. The van der Waals surface area contributed by atoms with Gasteiger partial charge >= 0.3 is 0 Å². The lowest BCUT2D eigenvalue weighted by Gasteiger charge is -2.51. The summed E-state index contributed by atoms with van der Waals surface area (Å²) in [5.41, 5.74) is 2.99. The Bertz CT molecular complexity index is 1510. The van der Waals surface area contributed by atoms with Gasteiger partial charge in [0.05, 0.1) is 5.92 Å². The highest BCUT2D eigenvalue weighted by Gasteiger charge is 2.73. The van der Waals surface area contributed by atoms with E-state index in [1.165, 1.54) is 23.0 Å². The van der Waals surface area contributed by atoms with E-state index in [4.69, 9.17) is 9.47 Å². The minimum absolute atomic E-state index is 0.0803. The monoisotopic (exact) mass is 575 g/mol. The molecule has 0 saturated carbocycles. The van der Waals surface area contributed by atoms with Gasteiger partial charge in [0.15, 0.2) is 0 Å². The largest absolute Gasteiger partial charge is 0.361 e. The van der Waals surface area contributed by atoms with Crippen LogP contribution in [0.5, 0.6) is 0 Å². The predicted molar refractivity (Wildman–Crippen MR) is 157 cm³/mol. The van der Waals surface area contributed by atoms with Gasteiger partial charge in [-0.3, -0.25) is 28.9 Å². The van der Waals surface area contributed by atoms with E-state index >= 15 is 0 Å². The van der Waals surface area contributed by atoms with Crippen LogP contribution < -0.4 is 5.32 Å². The standard InChI is InChI=1S/C32H41N5O5/c1-17(2)27-29(39)36-12-8-11-25(36)32(41-6)37(27)30(40)31(42-32,18(3)4)34-28(38)20-13-22-21-9-7-10-23-26(21)19(15-33-23)14-24(22)35(5)16-20/h7,9-10,13,15,17-18,20,24-25,27,33H,8,11-12,14,16H2,1-6H3,(H,34,38)/t20-,24-,25+,27?,31-,32?/m1/s1. The molecule has 0 spiro atoms. The molecular weight excluding hydrogens is 534 g/mol. The van der Waals surface area contributed by atoms with Crippen LogP contribution in [-0.2, 0) is 30.3 Å². The van der Waals surface area contributed by atoms with Gasteiger partial charge in [0, 0.05) is 49.3 Å². The maximum Gasteiger partial charge on any atom is 0.281 e. The van der Waals surface area contributed by atoms with Gasteiger partial charge in [0.2, 0.25) is 17.5 Å². The molecule has 224 valence electrons. The second-order valence-electron chi connectivity index (χ2n) is 13.3. The third-order valence-corrected chi connectivity index (χ3v) is 10.3. The number of H-pyrrole nitrogens is 1. The number of hydrogen-bond acceptors (Lipinski definition) is 6. The van der Waals surface area contributed by atoms with E-state index in [0.29, 0.717) is 19.5 Å². The fourth-order valence-electron chi connectivity index (χ4n) is 8.22. The number of carbonyl (C=O) groups excluding carboxylic acids is 3. The van der Waals surface area contributed by atoms with Crippen LogP contribution in [0.2, 0.25) is 0 Å². The number of ether oxygens (including phenoxy) is 2. The first-order chi connectivity index (χ1) is 20.0. The van der Waals surface area contributed by atoms with Gasteiger partial charge in [-0.1, -0.05) is 45.9 Å². The normalized spacial score (nSPS) is 34.2. The molecule has 5 heterocycles. The quantitative estimate of drug-likeness (QED) is 0.568. The second kappa shape index (κ2) is 9.39. The van der Waals surface area contributed by atoms with Gasteiger partial charge in [0.25, 0.3) is 11.8 Å². The van der Waals surface area contributed by atoms with Crippen molar-refractivity contribution in [2.24, 2.45) is 17.8 Å². The maximum absolute atomic E-state index is 14.6. The second-order valence-corrected chi connectivity index (χ2v) is 13.3. The smallest absolute Gasteiger partial charge is 0.281 e. The van der Waals surface area contributed by atoms with Crippen molar-refractivity contribution in [3.05, 3.63) is 41.6 Å². The van der Waals surface area contributed by atoms with Crippen LogP contribution in [0.3, 0.4) is 0 Å². The van der Waals surface area contributed by atoms with Crippen LogP contribution in [0.15, 0.2) is 30.5 Å². The van der Waals surface area contributed by atoms with Crippen LogP contribution >= 0.6 is 0 Å². The molecule has 3 saturated heterocycles. The molecule has 1 aliphatic carbocycles. The Hall–Kier alpha value is -3.21. The molecule has 2 aromatic rings. The lowest BCUT2D eigenvalue weighted by Crippen LogP contribution is -2.72. The summed E-state index contributed by atoms with van der Waals surface area (Å²) >= 11 is 0. The average Bonchev–Trinajstić information content (AvgIpc) is 3.68. The minimum atomic E-state index is -1.67. The van der Waals surface area contributed by atoms with Gasteiger partial charge in [0.1, 0.15) is 12.1 Å². The summed E-state index contributed by atoms with van der Waals surface area (Å²) in [6.45, 7) is 8.72. The highest BCUT2D eigenvalue weighted by atomic mass is 16.8. The van der Waals surface area contributed by atoms with Gasteiger partial charge in [-0.2, -0.15) is 0 Å². The van der Waals surface area contributed by atoms with E-state index < -0.39 is 41.5 Å². The Balaban J connectivity index is 1.27. The summed E-state index contributed by atoms with van der Waals surface area (Å²) < 4.78 is 12.9. The molecular formula is C32H41N5O5. The number of aromatic amines is 1. The van der Waals surface area contributed by atoms with Crippen molar-refractivity contribution in [2.75, 3.05) is 27.2 Å². The van der Waals surface area contributed by atoms with Crippen molar-refractivity contribution in [1.29, 1.82) is 0 Å². The molecule has 1 aromatic carbocycles. The van der Waals surface area contributed by atoms with Crippen LogP contribution in [0.25, 0.3) is 16.5 Å². The average molecular weight is 576 g/mol. The Labute approximate surface area is 246 Å². The lowest BCUT2D eigenvalue weighted by molar-refractivity contribution is -0.335. The van der Waals surface area contributed by atoms with E-state index in [-0.39, 0.29) is 23.8 Å². The highest BCUT2D eigenvalue weighted by Crippen LogP contribution is 2.50. The maximum atomic E-state index is 14.6. The number of piperazine rings is 1. The highest BCUT2D eigenvalue weighted by molar-refractivity contribution is 6.01. The molecule has 10 nitrogen and oxygen atoms in total. The molecule has 6 atom stereocenters. The number of amides is 3. The predicted octanol–water partition coefficient (Wildman–Crippen LogP) is 2.69. The molecule has 0 radical (unpaired) electrons. The fourth-order valence-corrected chi connectivity index (χ4v) is 8.22. The first-order valence-electron chi connectivity index (χ1n) is 15.3. The van der Waals surface area contributed by atoms with E-state index in [0.717, 1.165) is 29.5 Å². The molecule has 42 heavy (non-hydrogen) atoms. The lowest BCUT2D eigenvalue weighted by atomic mass is 9.79. The zero-order chi connectivity index (χ0) is 29.7. The van der Waals surface area contributed by atoms with Crippen LogP contribution in [0, 0.1) is 17.8 Å². The zero-order valence-corrected chi connectivity index (χ0v) is 25.3. The van der Waals surface area contributed by atoms with Gasteiger partial charge in [-0.05, 0) is 55.0 Å². The van der Waals surface area contributed by atoms with E-state index in [2.05, 4.69) is 46.7 Å². The third-order valence-electron chi connectivity index (χ3n) is 10.3. The Morgan fingerprint density at radius 1 is 1.21 bits per heavy atom. The first-order valence-corrected chi connectivity index (χ1v) is 15.3. The minimum Gasteiger partial charge on any atom is -0.361 e. The van der Waals surface area contributed by atoms with Gasteiger partial charge in [-0.15, -0.1) is 0 Å². The van der Waals surface area contributed by atoms with Crippen molar-refractivity contribution in [1.82, 2.24) is 25.0 Å². The number of nitrogens with one attached hydrogen (secondary N) is 2. The molecule has 2 unspecified atom stereocenters. The summed E-state index contributed by atoms with van der Waals surface area (Å²) in [6.07, 6.45) is 6.51. The number of fused-ring (bicyclic) bond motifs is 5. The third kappa shape index (κ3) is 3.51. The van der Waals surface area contributed by atoms with Crippen molar-refractivity contribution >= 4 is 34.2 Å².